The quantitative estimate of drug-likeness (QED) is 0.695. The Morgan fingerprint density at radius 1 is 1.04 bits per heavy atom. The summed E-state index contributed by atoms with van der Waals surface area (Å²) in [5, 5.41) is 3.12. The van der Waals surface area contributed by atoms with Crippen molar-refractivity contribution < 1.29 is 9.53 Å². The number of carbonyl (C=O) groups excluding carboxylic acids is 1. The number of hydrogen-bond donors (Lipinski definition) is 2. The molecule has 3 N–H and O–H groups in total. The second kappa shape index (κ2) is 7.61. The molecule has 4 rings (SSSR count). The number of benzene rings is 2. The Morgan fingerprint density at radius 2 is 1.78 bits per heavy atom. The first kappa shape index (κ1) is 17.3. The fraction of sp³-hybridized carbons (Fsp3) is 0.286. The molecule has 0 bridgehead atoms. The molecular formula is C21H22N4O2. The highest BCUT2D eigenvalue weighted by Crippen LogP contribution is 2.30. The van der Waals surface area contributed by atoms with Crippen LogP contribution in [0.1, 0.15) is 36.0 Å². The molecule has 138 valence electrons. The van der Waals surface area contributed by atoms with Crippen molar-refractivity contribution in [2.45, 2.75) is 37.8 Å². The number of nitrogens with one attached hydrogen (secondary N) is 1. The van der Waals surface area contributed by atoms with Gasteiger partial charge in [0.1, 0.15) is 11.3 Å². The predicted molar refractivity (Wildman–Crippen MR) is 105 cm³/mol. The van der Waals surface area contributed by atoms with Crippen molar-refractivity contribution in [1.82, 2.24) is 15.3 Å². The third-order valence-electron chi connectivity index (χ3n) is 4.90. The van der Waals surface area contributed by atoms with Crippen LogP contribution in [0.2, 0.25) is 0 Å². The molecule has 0 atom stereocenters. The number of fused-ring (bicyclic) bond motifs is 1. The standard InChI is InChI=1S/C21H22N4O2/c22-15-12-18-20(24-11-10-23-18)19(13-15)27-17-8-6-16(7-9-17)25-21(26)14-4-2-1-3-5-14/h1-5,10-13,16-17H,6-9,22H2,(H,25,26). The van der Waals surface area contributed by atoms with E-state index in [0.717, 1.165) is 36.7 Å². The van der Waals surface area contributed by atoms with Crippen LogP contribution in [-0.4, -0.2) is 28.0 Å². The fourth-order valence-corrected chi connectivity index (χ4v) is 3.52. The first-order valence-corrected chi connectivity index (χ1v) is 9.22. The molecule has 1 amide bonds. The van der Waals surface area contributed by atoms with Crippen molar-refractivity contribution in [3.8, 4) is 5.75 Å². The van der Waals surface area contributed by atoms with E-state index in [1.54, 1.807) is 24.5 Å². The van der Waals surface area contributed by atoms with Gasteiger partial charge < -0.3 is 15.8 Å². The Kier molecular flexibility index (Phi) is 4.87. The molecule has 6 nitrogen and oxygen atoms in total. The van der Waals surface area contributed by atoms with E-state index in [1.165, 1.54) is 0 Å². The summed E-state index contributed by atoms with van der Waals surface area (Å²) in [6, 6.07) is 13.1. The Bertz CT molecular complexity index is 937. The van der Waals surface area contributed by atoms with Crippen molar-refractivity contribution in [3.63, 3.8) is 0 Å². The number of rotatable bonds is 4. The smallest absolute Gasteiger partial charge is 0.251 e. The molecule has 0 unspecified atom stereocenters. The normalized spacial score (nSPS) is 19.6. The summed E-state index contributed by atoms with van der Waals surface area (Å²) >= 11 is 0. The van der Waals surface area contributed by atoms with Crippen LogP contribution in [0.15, 0.2) is 54.9 Å². The molecule has 1 aliphatic carbocycles. The van der Waals surface area contributed by atoms with Gasteiger partial charge in [0.05, 0.1) is 11.6 Å². The van der Waals surface area contributed by atoms with E-state index in [1.807, 2.05) is 30.3 Å². The van der Waals surface area contributed by atoms with E-state index >= 15 is 0 Å². The predicted octanol–water partition coefficient (Wildman–Crippen LogP) is 3.33. The first-order chi connectivity index (χ1) is 13.2. The third-order valence-corrected chi connectivity index (χ3v) is 4.90. The lowest BCUT2D eigenvalue weighted by atomic mass is 9.92. The molecule has 0 radical (unpaired) electrons. The number of nitrogens with zero attached hydrogens (tertiary/aromatic N) is 2. The topological polar surface area (TPSA) is 90.1 Å². The highest BCUT2D eigenvalue weighted by molar-refractivity contribution is 5.94. The van der Waals surface area contributed by atoms with Crippen LogP contribution in [0.25, 0.3) is 11.0 Å². The van der Waals surface area contributed by atoms with Gasteiger partial charge >= 0.3 is 0 Å². The van der Waals surface area contributed by atoms with Crippen molar-refractivity contribution in [3.05, 3.63) is 60.4 Å². The minimum Gasteiger partial charge on any atom is -0.488 e. The number of anilines is 1. The van der Waals surface area contributed by atoms with E-state index in [2.05, 4.69) is 15.3 Å². The molecule has 2 aromatic carbocycles. The lowest BCUT2D eigenvalue weighted by Crippen LogP contribution is -2.39. The lowest BCUT2D eigenvalue weighted by molar-refractivity contribution is 0.0895. The van der Waals surface area contributed by atoms with Crippen molar-refractivity contribution >= 4 is 22.6 Å². The fourth-order valence-electron chi connectivity index (χ4n) is 3.52. The highest BCUT2D eigenvalue weighted by atomic mass is 16.5. The van der Waals surface area contributed by atoms with Gasteiger partial charge in [0, 0.05) is 35.8 Å². The monoisotopic (exact) mass is 362 g/mol. The zero-order valence-electron chi connectivity index (χ0n) is 15.0. The molecular weight excluding hydrogens is 340 g/mol. The Morgan fingerprint density at radius 3 is 2.56 bits per heavy atom. The largest absolute Gasteiger partial charge is 0.488 e. The third kappa shape index (κ3) is 4.00. The number of amides is 1. The lowest BCUT2D eigenvalue weighted by Gasteiger charge is -2.29. The molecule has 3 aromatic rings. The summed E-state index contributed by atoms with van der Waals surface area (Å²) < 4.78 is 6.19. The Labute approximate surface area is 157 Å². The Balaban J connectivity index is 1.37. The van der Waals surface area contributed by atoms with Crippen LogP contribution in [-0.2, 0) is 0 Å². The Hall–Kier alpha value is -3.15. The van der Waals surface area contributed by atoms with Crippen LogP contribution >= 0.6 is 0 Å². The van der Waals surface area contributed by atoms with Crippen LogP contribution in [0.3, 0.4) is 0 Å². The van der Waals surface area contributed by atoms with E-state index < -0.39 is 0 Å². The summed E-state index contributed by atoms with van der Waals surface area (Å²) in [4.78, 5) is 21.0. The van der Waals surface area contributed by atoms with Crippen molar-refractivity contribution in [2.24, 2.45) is 0 Å². The van der Waals surface area contributed by atoms with Gasteiger partial charge in [0.15, 0.2) is 0 Å². The molecule has 6 heteroatoms. The molecule has 0 aliphatic heterocycles. The summed E-state index contributed by atoms with van der Waals surface area (Å²) in [6.45, 7) is 0. The molecule has 1 saturated carbocycles. The molecule has 1 fully saturated rings. The molecule has 1 aliphatic rings. The van der Waals surface area contributed by atoms with Gasteiger partial charge in [-0.15, -0.1) is 0 Å². The number of carbonyl (C=O) groups is 1. The minimum absolute atomic E-state index is 0.0166. The summed E-state index contributed by atoms with van der Waals surface area (Å²) in [5.41, 5.74) is 8.74. The van der Waals surface area contributed by atoms with Gasteiger partial charge in [-0.3, -0.25) is 9.78 Å². The maximum absolute atomic E-state index is 12.3. The second-order valence-corrected chi connectivity index (χ2v) is 6.87. The highest BCUT2D eigenvalue weighted by Gasteiger charge is 2.24. The van der Waals surface area contributed by atoms with Gasteiger partial charge in [0.2, 0.25) is 0 Å². The average molecular weight is 362 g/mol. The summed E-state index contributed by atoms with van der Waals surface area (Å²) in [5.74, 6) is 0.659. The van der Waals surface area contributed by atoms with E-state index in [9.17, 15) is 4.79 Å². The zero-order chi connectivity index (χ0) is 18.6. The number of hydrogen-bond acceptors (Lipinski definition) is 5. The minimum atomic E-state index is -0.0166. The van der Waals surface area contributed by atoms with Gasteiger partial charge in [-0.05, 0) is 43.9 Å². The van der Waals surface area contributed by atoms with E-state index in [4.69, 9.17) is 10.5 Å². The molecule has 1 heterocycles. The average Bonchev–Trinajstić information content (AvgIpc) is 2.70. The summed E-state index contributed by atoms with van der Waals surface area (Å²) in [7, 11) is 0. The zero-order valence-corrected chi connectivity index (χ0v) is 15.0. The molecule has 27 heavy (non-hydrogen) atoms. The second-order valence-electron chi connectivity index (χ2n) is 6.87. The molecule has 0 saturated heterocycles. The van der Waals surface area contributed by atoms with Crippen LogP contribution in [0.5, 0.6) is 5.75 Å². The van der Waals surface area contributed by atoms with Crippen LogP contribution in [0.4, 0.5) is 5.69 Å². The van der Waals surface area contributed by atoms with Gasteiger partial charge in [0.25, 0.3) is 5.91 Å². The molecule has 1 aromatic heterocycles. The summed E-state index contributed by atoms with van der Waals surface area (Å²) in [6.07, 6.45) is 6.90. The number of aromatic nitrogens is 2. The van der Waals surface area contributed by atoms with Crippen LogP contribution < -0.4 is 15.8 Å². The molecule has 0 spiro atoms. The van der Waals surface area contributed by atoms with Crippen LogP contribution in [0, 0.1) is 0 Å². The van der Waals surface area contributed by atoms with Gasteiger partial charge in [-0.2, -0.15) is 0 Å². The van der Waals surface area contributed by atoms with Crippen molar-refractivity contribution in [2.75, 3.05) is 5.73 Å². The van der Waals surface area contributed by atoms with Gasteiger partial charge in [-0.1, -0.05) is 18.2 Å². The van der Waals surface area contributed by atoms with E-state index in [-0.39, 0.29) is 18.1 Å². The first-order valence-electron chi connectivity index (χ1n) is 9.22. The maximum Gasteiger partial charge on any atom is 0.251 e. The maximum atomic E-state index is 12.3. The van der Waals surface area contributed by atoms with Crippen molar-refractivity contribution in [1.29, 1.82) is 0 Å². The number of nitrogens with two attached hydrogens (primary N) is 1. The number of nitrogen functional groups attached to an aromatic ring is 1. The SMILES string of the molecule is Nc1cc(OC2CCC(NC(=O)c3ccccc3)CC2)c2nccnc2c1. The number of ether oxygens (including phenoxy) is 1. The van der Waals surface area contributed by atoms with E-state index in [0.29, 0.717) is 17.0 Å². The van der Waals surface area contributed by atoms with Gasteiger partial charge in [-0.25, -0.2) is 4.98 Å².